The van der Waals surface area contributed by atoms with Crippen LogP contribution in [0.1, 0.15) is 39.0 Å². The Kier molecular flexibility index (Phi) is 13.2. The highest BCUT2D eigenvalue weighted by Gasteiger charge is 2.32. The van der Waals surface area contributed by atoms with Gasteiger partial charge in [0.15, 0.2) is 0 Å². The highest BCUT2D eigenvalue weighted by molar-refractivity contribution is 5.96. The molecule has 0 saturated heterocycles. The van der Waals surface area contributed by atoms with Crippen molar-refractivity contribution in [3.05, 3.63) is 0 Å². The number of carboxylic acids is 2. The Morgan fingerprint density at radius 2 is 1.33 bits per heavy atom. The molecule has 33 heavy (non-hydrogen) atoms. The zero-order valence-corrected chi connectivity index (χ0v) is 18.2. The lowest BCUT2D eigenvalue weighted by molar-refractivity contribution is -0.147. The number of aliphatic carboxylic acids is 2. The quantitative estimate of drug-likeness (QED) is 0.0960. The van der Waals surface area contributed by atoms with E-state index in [0.717, 1.165) is 0 Å². The SMILES string of the molecule is CC(O)C(N)C(=O)NC(CCCCN)C(=O)NC(CC(N)=O)C(=O)NC(CC(=O)O)C(=O)O. The van der Waals surface area contributed by atoms with Crippen LogP contribution in [0.3, 0.4) is 0 Å². The number of rotatable bonds is 16. The molecule has 0 aromatic rings. The van der Waals surface area contributed by atoms with Crippen molar-refractivity contribution in [1.82, 2.24) is 16.0 Å². The Labute approximate surface area is 189 Å². The fourth-order valence-electron chi connectivity index (χ4n) is 2.58. The Morgan fingerprint density at radius 3 is 1.79 bits per heavy atom. The summed E-state index contributed by atoms with van der Waals surface area (Å²) >= 11 is 0. The summed E-state index contributed by atoms with van der Waals surface area (Å²) in [5, 5.41) is 33.8. The van der Waals surface area contributed by atoms with Crippen LogP contribution in [0.15, 0.2) is 0 Å². The molecule has 0 bridgehead atoms. The summed E-state index contributed by atoms with van der Waals surface area (Å²) in [5.41, 5.74) is 16.1. The van der Waals surface area contributed by atoms with Gasteiger partial charge in [-0.2, -0.15) is 0 Å². The van der Waals surface area contributed by atoms with Gasteiger partial charge in [-0.3, -0.25) is 24.0 Å². The van der Waals surface area contributed by atoms with Gasteiger partial charge in [0, 0.05) is 0 Å². The maximum absolute atomic E-state index is 12.8. The van der Waals surface area contributed by atoms with Gasteiger partial charge < -0.3 is 48.5 Å². The molecule has 5 atom stereocenters. The molecule has 0 aliphatic heterocycles. The second kappa shape index (κ2) is 14.7. The molecule has 0 radical (unpaired) electrons. The molecule has 0 aliphatic rings. The topological polar surface area (TPSA) is 277 Å². The Morgan fingerprint density at radius 1 is 0.818 bits per heavy atom. The van der Waals surface area contributed by atoms with E-state index in [9.17, 15) is 33.9 Å². The zero-order valence-electron chi connectivity index (χ0n) is 18.2. The van der Waals surface area contributed by atoms with Gasteiger partial charge in [-0.15, -0.1) is 0 Å². The highest BCUT2D eigenvalue weighted by atomic mass is 16.4. The number of carboxylic acid groups (broad SMARTS) is 2. The first-order valence-electron chi connectivity index (χ1n) is 10.1. The minimum Gasteiger partial charge on any atom is -0.481 e. The average Bonchev–Trinajstić information content (AvgIpc) is 2.70. The van der Waals surface area contributed by atoms with E-state index in [-0.39, 0.29) is 6.42 Å². The molecule has 0 aromatic carbocycles. The number of carbonyl (C=O) groups excluding carboxylic acids is 4. The number of unbranched alkanes of at least 4 members (excludes halogenated alkanes) is 1. The molecule has 0 spiro atoms. The van der Waals surface area contributed by atoms with E-state index in [0.29, 0.717) is 19.4 Å². The summed E-state index contributed by atoms with van der Waals surface area (Å²) in [6.45, 7) is 1.58. The lowest BCUT2D eigenvalue weighted by Crippen LogP contribution is -2.58. The molecule has 0 saturated carbocycles. The number of aliphatic hydroxyl groups excluding tert-OH is 1. The maximum atomic E-state index is 12.8. The summed E-state index contributed by atoms with van der Waals surface area (Å²) in [7, 11) is 0. The largest absolute Gasteiger partial charge is 0.481 e. The van der Waals surface area contributed by atoms with Crippen molar-refractivity contribution in [3.63, 3.8) is 0 Å². The normalized spacial score (nSPS) is 15.3. The molecule has 0 heterocycles. The van der Waals surface area contributed by atoms with E-state index >= 15 is 0 Å². The van der Waals surface area contributed by atoms with E-state index in [2.05, 4.69) is 10.6 Å². The van der Waals surface area contributed by atoms with Crippen molar-refractivity contribution in [2.24, 2.45) is 17.2 Å². The minimum atomic E-state index is -1.83. The molecule has 0 rings (SSSR count). The second-order valence-electron chi connectivity index (χ2n) is 7.34. The van der Waals surface area contributed by atoms with Crippen molar-refractivity contribution in [2.75, 3.05) is 6.54 Å². The number of hydrogen-bond acceptors (Lipinski definition) is 9. The minimum absolute atomic E-state index is 0.0724. The van der Waals surface area contributed by atoms with Crippen molar-refractivity contribution in [3.8, 4) is 0 Å². The summed E-state index contributed by atoms with van der Waals surface area (Å²) in [6, 6.07) is -6.05. The second-order valence-corrected chi connectivity index (χ2v) is 7.34. The highest BCUT2D eigenvalue weighted by Crippen LogP contribution is 2.05. The van der Waals surface area contributed by atoms with Crippen LogP contribution in [-0.4, -0.2) is 87.7 Å². The van der Waals surface area contributed by atoms with Crippen molar-refractivity contribution < 1.29 is 44.1 Å². The van der Waals surface area contributed by atoms with E-state index in [1.165, 1.54) is 6.92 Å². The van der Waals surface area contributed by atoms with Crippen LogP contribution in [0.2, 0.25) is 0 Å². The molecule has 5 unspecified atom stereocenters. The number of hydrogen-bond donors (Lipinski definition) is 9. The third-order valence-electron chi connectivity index (χ3n) is 4.43. The van der Waals surface area contributed by atoms with Crippen LogP contribution in [0.4, 0.5) is 0 Å². The van der Waals surface area contributed by atoms with Gasteiger partial charge in [-0.1, -0.05) is 0 Å². The molecule has 0 aliphatic carbocycles. The maximum Gasteiger partial charge on any atom is 0.326 e. The first-order valence-corrected chi connectivity index (χ1v) is 10.1. The number of nitrogens with one attached hydrogen (secondary N) is 3. The zero-order chi connectivity index (χ0) is 25.7. The fraction of sp³-hybridized carbons (Fsp3) is 0.667. The summed E-state index contributed by atoms with van der Waals surface area (Å²) in [6.07, 6.45) is -1.92. The van der Waals surface area contributed by atoms with Crippen molar-refractivity contribution in [1.29, 1.82) is 0 Å². The predicted molar refractivity (Wildman–Crippen MR) is 112 cm³/mol. The molecular formula is C18H32N6O9. The summed E-state index contributed by atoms with van der Waals surface area (Å²) in [4.78, 5) is 70.8. The van der Waals surface area contributed by atoms with Crippen LogP contribution >= 0.6 is 0 Å². The molecule has 4 amide bonds. The van der Waals surface area contributed by atoms with Crippen LogP contribution in [-0.2, 0) is 28.8 Å². The van der Waals surface area contributed by atoms with Crippen LogP contribution < -0.4 is 33.2 Å². The standard InChI is InChI=1S/C18H32N6O9/c1-8(25)14(21)17(31)22-9(4-2-3-5-19)15(29)23-10(6-12(20)26)16(30)24-11(18(32)33)7-13(27)28/h8-11,14,25H,2-7,19,21H2,1H3,(H2,20,26)(H,22,31)(H,23,29)(H,24,30)(H,27,28)(H,32,33). The van der Waals surface area contributed by atoms with Crippen LogP contribution in [0, 0.1) is 0 Å². The predicted octanol–water partition coefficient (Wildman–Crippen LogP) is -4.29. The molecule has 0 aromatic heterocycles. The van der Waals surface area contributed by atoms with Gasteiger partial charge in [0.2, 0.25) is 23.6 Å². The van der Waals surface area contributed by atoms with Crippen LogP contribution in [0.25, 0.3) is 0 Å². The first-order chi connectivity index (χ1) is 15.3. The summed E-state index contributed by atoms with van der Waals surface area (Å²) in [5.74, 6) is -7.08. The van der Waals surface area contributed by atoms with E-state index in [4.69, 9.17) is 27.4 Å². The van der Waals surface area contributed by atoms with E-state index < -0.39 is 78.7 Å². The Hall–Kier alpha value is -3.30. The van der Waals surface area contributed by atoms with Gasteiger partial charge in [-0.25, -0.2) is 4.79 Å². The monoisotopic (exact) mass is 476 g/mol. The molecule has 188 valence electrons. The summed E-state index contributed by atoms with van der Waals surface area (Å²) < 4.78 is 0. The molecule has 12 N–H and O–H groups in total. The van der Waals surface area contributed by atoms with Crippen LogP contribution in [0.5, 0.6) is 0 Å². The van der Waals surface area contributed by atoms with Gasteiger partial charge in [-0.05, 0) is 32.7 Å². The van der Waals surface area contributed by atoms with Gasteiger partial charge in [0.25, 0.3) is 0 Å². The Balaban J connectivity index is 5.55. The number of aliphatic hydroxyl groups is 1. The molecule has 15 heteroatoms. The van der Waals surface area contributed by atoms with Gasteiger partial charge in [0.1, 0.15) is 24.2 Å². The van der Waals surface area contributed by atoms with Gasteiger partial charge in [0.05, 0.1) is 18.9 Å². The third kappa shape index (κ3) is 11.8. The number of carbonyl (C=O) groups is 6. The van der Waals surface area contributed by atoms with E-state index in [1.807, 2.05) is 5.32 Å². The number of primary amides is 1. The molecule has 0 fully saturated rings. The van der Waals surface area contributed by atoms with Crippen molar-refractivity contribution in [2.45, 2.75) is 69.3 Å². The molecular weight excluding hydrogens is 444 g/mol. The Bertz CT molecular complexity index is 730. The third-order valence-corrected chi connectivity index (χ3v) is 4.43. The first kappa shape index (κ1) is 29.7. The fourth-order valence-corrected chi connectivity index (χ4v) is 2.58. The lowest BCUT2D eigenvalue weighted by Gasteiger charge is -2.25. The van der Waals surface area contributed by atoms with E-state index in [1.54, 1.807) is 0 Å². The smallest absolute Gasteiger partial charge is 0.326 e. The average molecular weight is 476 g/mol. The van der Waals surface area contributed by atoms with Crippen molar-refractivity contribution >= 4 is 35.6 Å². The molecule has 15 nitrogen and oxygen atoms in total. The van der Waals surface area contributed by atoms with Gasteiger partial charge >= 0.3 is 11.9 Å². The number of amides is 4. The number of nitrogens with two attached hydrogens (primary N) is 3. The lowest BCUT2D eigenvalue weighted by atomic mass is 10.1.